The largest absolute Gasteiger partial charge is 0.493 e. The molecule has 2 rings (SSSR count). The summed E-state index contributed by atoms with van der Waals surface area (Å²) in [6.45, 7) is 1.35. The topological polar surface area (TPSA) is 44.8 Å². The fraction of sp³-hybridized carbons (Fsp3) is 0.462. The van der Waals surface area contributed by atoms with Crippen LogP contribution in [0, 0.1) is 0 Å². The third kappa shape index (κ3) is 2.52. The van der Waals surface area contributed by atoms with Gasteiger partial charge in [0.25, 0.3) is 0 Å². The molecule has 0 heterocycles. The van der Waals surface area contributed by atoms with Gasteiger partial charge >= 0.3 is 5.97 Å². The molecule has 1 aromatic rings. The van der Waals surface area contributed by atoms with Crippen LogP contribution in [0.15, 0.2) is 12.1 Å². The molecule has 0 unspecified atom stereocenters. The van der Waals surface area contributed by atoms with Crippen molar-refractivity contribution in [1.82, 2.24) is 0 Å². The standard InChI is InChI=1S/C13H16O4/c1-8(14)17-13-11(15-2)6-10(9-4-5-9)7-12(13)16-3/h6-7,9H,4-5H2,1-3H3. The molecule has 0 bridgehead atoms. The maximum Gasteiger partial charge on any atom is 0.308 e. The predicted octanol–water partition coefficient (Wildman–Crippen LogP) is 2.51. The lowest BCUT2D eigenvalue weighted by Crippen LogP contribution is -2.05. The second-order valence-corrected chi connectivity index (χ2v) is 4.12. The Bertz CT molecular complexity index is 410. The van der Waals surface area contributed by atoms with Crippen LogP contribution in [-0.2, 0) is 4.79 Å². The quantitative estimate of drug-likeness (QED) is 0.595. The Labute approximate surface area is 100 Å². The number of methoxy groups -OCH3 is 2. The summed E-state index contributed by atoms with van der Waals surface area (Å²) in [6.07, 6.45) is 2.39. The summed E-state index contributed by atoms with van der Waals surface area (Å²) >= 11 is 0. The molecule has 4 heteroatoms. The number of ether oxygens (including phenoxy) is 3. The molecule has 0 amide bonds. The van der Waals surface area contributed by atoms with Crippen LogP contribution in [0.1, 0.15) is 31.2 Å². The normalized spacial score (nSPS) is 14.3. The van der Waals surface area contributed by atoms with Gasteiger partial charge in [-0.25, -0.2) is 0 Å². The van der Waals surface area contributed by atoms with Crippen molar-refractivity contribution in [2.24, 2.45) is 0 Å². The second-order valence-electron chi connectivity index (χ2n) is 4.12. The average Bonchev–Trinajstić information content (AvgIpc) is 3.12. The number of esters is 1. The van der Waals surface area contributed by atoms with Crippen molar-refractivity contribution in [3.05, 3.63) is 17.7 Å². The van der Waals surface area contributed by atoms with E-state index in [1.54, 1.807) is 14.2 Å². The lowest BCUT2D eigenvalue weighted by molar-refractivity contribution is -0.132. The highest BCUT2D eigenvalue weighted by atomic mass is 16.6. The summed E-state index contributed by atoms with van der Waals surface area (Å²) in [5, 5.41) is 0. The molecule has 17 heavy (non-hydrogen) atoms. The number of carbonyl (C=O) groups is 1. The highest BCUT2D eigenvalue weighted by Crippen LogP contribution is 2.46. The zero-order chi connectivity index (χ0) is 12.4. The minimum Gasteiger partial charge on any atom is -0.493 e. The van der Waals surface area contributed by atoms with Gasteiger partial charge < -0.3 is 14.2 Å². The minimum absolute atomic E-state index is 0.354. The van der Waals surface area contributed by atoms with Crippen molar-refractivity contribution in [2.45, 2.75) is 25.7 Å². The van der Waals surface area contributed by atoms with Crippen LogP contribution in [0.4, 0.5) is 0 Å². The molecule has 1 aliphatic rings. The number of hydrogen-bond acceptors (Lipinski definition) is 4. The Hall–Kier alpha value is -1.71. The first-order valence-corrected chi connectivity index (χ1v) is 5.60. The van der Waals surface area contributed by atoms with Crippen molar-refractivity contribution >= 4 is 5.97 Å². The number of carbonyl (C=O) groups excluding carboxylic acids is 1. The lowest BCUT2D eigenvalue weighted by atomic mass is 10.1. The zero-order valence-corrected chi connectivity index (χ0v) is 10.3. The van der Waals surface area contributed by atoms with Gasteiger partial charge in [-0.2, -0.15) is 0 Å². The fourth-order valence-corrected chi connectivity index (χ4v) is 1.80. The van der Waals surface area contributed by atoms with E-state index in [2.05, 4.69) is 0 Å². The van der Waals surface area contributed by atoms with Gasteiger partial charge in [0.05, 0.1) is 14.2 Å². The first kappa shape index (κ1) is 11.8. The monoisotopic (exact) mass is 236 g/mol. The maximum absolute atomic E-state index is 11.0. The predicted molar refractivity (Wildman–Crippen MR) is 62.8 cm³/mol. The van der Waals surface area contributed by atoms with E-state index in [-0.39, 0.29) is 5.97 Å². The van der Waals surface area contributed by atoms with Gasteiger partial charge in [0.2, 0.25) is 5.75 Å². The lowest BCUT2D eigenvalue weighted by Gasteiger charge is -2.14. The van der Waals surface area contributed by atoms with Crippen LogP contribution in [0.5, 0.6) is 17.2 Å². The first-order valence-electron chi connectivity index (χ1n) is 5.60. The smallest absolute Gasteiger partial charge is 0.308 e. The van der Waals surface area contributed by atoms with E-state index < -0.39 is 0 Å². The van der Waals surface area contributed by atoms with Crippen molar-refractivity contribution in [1.29, 1.82) is 0 Å². The summed E-state index contributed by atoms with van der Waals surface area (Å²) in [7, 11) is 3.11. The van der Waals surface area contributed by atoms with Gasteiger partial charge in [0.15, 0.2) is 11.5 Å². The minimum atomic E-state index is -0.388. The van der Waals surface area contributed by atoms with Gasteiger partial charge in [-0.3, -0.25) is 4.79 Å². The molecule has 1 aromatic carbocycles. The van der Waals surface area contributed by atoms with Crippen LogP contribution in [-0.4, -0.2) is 20.2 Å². The Kier molecular flexibility index (Phi) is 3.22. The molecule has 0 spiro atoms. The number of benzene rings is 1. The van der Waals surface area contributed by atoms with Gasteiger partial charge in [0.1, 0.15) is 0 Å². The van der Waals surface area contributed by atoms with E-state index in [1.165, 1.54) is 25.3 Å². The van der Waals surface area contributed by atoms with Gasteiger partial charge in [-0.1, -0.05) is 0 Å². The SMILES string of the molecule is COc1cc(C2CC2)cc(OC)c1OC(C)=O. The molecular formula is C13H16O4. The number of hydrogen-bond donors (Lipinski definition) is 0. The van der Waals surface area contributed by atoms with E-state index in [1.807, 2.05) is 12.1 Å². The van der Waals surface area contributed by atoms with E-state index in [0.29, 0.717) is 23.2 Å². The van der Waals surface area contributed by atoms with Crippen LogP contribution in [0.3, 0.4) is 0 Å². The van der Waals surface area contributed by atoms with Crippen LogP contribution in [0.25, 0.3) is 0 Å². The van der Waals surface area contributed by atoms with Crippen LogP contribution < -0.4 is 14.2 Å². The Morgan fingerprint density at radius 1 is 1.18 bits per heavy atom. The Balaban J connectivity index is 2.43. The van der Waals surface area contributed by atoms with Crippen molar-refractivity contribution in [2.75, 3.05) is 14.2 Å². The molecule has 4 nitrogen and oxygen atoms in total. The summed E-state index contributed by atoms with van der Waals surface area (Å²) < 4.78 is 15.6. The highest BCUT2D eigenvalue weighted by molar-refractivity contribution is 5.72. The van der Waals surface area contributed by atoms with Gasteiger partial charge in [-0.05, 0) is 36.5 Å². The maximum atomic E-state index is 11.0. The molecule has 0 N–H and O–H groups in total. The Morgan fingerprint density at radius 2 is 1.71 bits per heavy atom. The van der Waals surface area contributed by atoms with Crippen LogP contribution >= 0.6 is 0 Å². The molecule has 1 aliphatic carbocycles. The van der Waals surface area contributed by atoms with Crippen LogP contribution in [0.2, 0.25) is 0 Å². The van der Waals surface area contributed by atoms with E-state index in [9.17, 15) is 4.79 Å². The molecule has 0 aromatic heterocycles. The third-order valence-corrected chi connectivity index (χ3v) is 2.78. The third-order valence-electron chi connectivity index (χ3n) is 2.78. The Morgan fingerprint density at radius 3 is 2.06 bits per heavy atom. The molecule has 92 valence electrons. The van der Waals surface area contributed by atoms with Crippen molar-refractivity contribution in [3.63, 3.8) is 0 Å². The first-order chi connectivity index (χ1) is 8.15. The van der Waals surface area contributed by atoms with Gasteiger partial charge in [-0.15, -0.1) is 0 Å². The number of rotatable bonds is 4. The summed E-state index contributed by atoms with van der Waals surface area (Å²) in [5.41, 5.74) is 1.18. The molecule has 0 saturated heterocycles. The van der Waals surface area contributed by atoms with E-state index in [4.69, 9.17) is 14.2 Å². The molecule has 1 fully saturated rings. The molecule has 0 radical (unpaired) electrons. The fourth-order valence-electron chi connectivity index (χ4n) is 1.80. The summed E-state index contributed by atoms with van der Waals surface area (Å²) in [4.78, 5) is 11.0. The van der Waals surface area contributed by atoms with E-state index >= 15 is 0 Å². The van der Waals surface area contributed by atoms with Crippen molar-refractivity contribution < 1.29 is 19.0 Å². The second kappa shape index (κ2) is 4.65. The summed E-state index contributed by atoms with van der Waals surface area (Å²) in [5.74, 6) is 1.64. The zero-order valence-electron chi connectivity index (χ0n) is 10.3. The highest BCUT2D eigenvalue weighted by Gasteiger charge is 2.27. The average molecular weight is 236 g/mol. The van der Waals surface area contributed by atoms with E-state index in [0.717, 1.165) is 0 Å². The molecule has 0 aliphatic heterocycles. The molecule has 1 saturated carbocycles. The van der Waals surface area contributed by atoms with Gasteiger partial charge in [0, 0.05) is 6.92 Å². The summed E-state index contributed by atoms with van der Waals surface area (Å²) in [6, 6.07) is 3.83. The molecule has 0 atom stereocenters. The molecular weight excluding hydrogens is 220 g/mol. The van der Waals surface area contributed by atoms with Crippen molar-refractivity contribution in [3.8, 4) is 17.2 Å².